The van der Waals surface area contributed by atoms with Crippen LogP contribution in [-0.4, -0.2) is 24.7 Å². The first-order chi connectivity index (χ1) is 13.3. The zero-order chi connectivity index (χ0) is 20.3. The van der Waals surface area contributed by atoms with Crippen LogP contribution in [0.4, 0.5) is 0 Å². The van der Waals surface area contributed by atoms with E-state index in [4.69, 9.17) is 14.2 Å². The summed E-state index contributed by atoms with van der Waals surface area (Å²) in [5, 5.41) is 3.18. The van der Waals surface area contributed by atoms with E-state index in [0.717, 1.165) is 16.9 Å². The van der Waals surface area contributed by atoms with E-state index in [-0.39, 0.29) is 17.6 Å². The number of para-hydroxylation sites is 2. The molecule has 5 nitrogen and oxygen atoms in total. The average Bonchev–Trinajstić information content (AvgIpc) is 2.66. The molecule has 5 heteroatoms. The molecule has 0 spiro atoms. The second-order valence-corrected chi connectivity index (χ2v) is 7.83. The van der Waals surface area contributed by atoms with E-state index in [2.05, 4.69) is 11.4 Å². The van der Waals surface area contributed by atoms with Crippen LogP contribution in [0.5, 0.6) is 17.2 Å². The number of nitrogens with one attached hydrogen (secondary N) is 1. The van der Waals surface area contributed by atoms with Crippen molar-refractivity contribution in [1.82, 2.24) is 5.32 Å². The van der Waals surface area contributed by atoms with Crippen molar-refractivity contribution in [2.24, 2.45) is 0 Å². The number of carbonyl (C=O) groups is 1. The van der Waals surface area contributed by atoms with E-state index in [0.29, 0.717) is 24.3 Å². The van der Waals surface area contributed by atoms with Crippen molar-refractivity contribution in [3.63, 3.8) is 0 Å². The first-order valence-corrected chi connectivity index (χ1v) is 9.72. The third-order valence-electron chi connectivity index (χ3n) is 4.94. The van der Waals surface area contributed by atoms with Gasteiger partial charge in [-0.05, 0) is 45.4 Å². The summed E-state index contributed by atoms with van der Waals surface area (Å²) in [4.78, 5) is 13.0. The highest BCUT2D eigenvalue weighted by atomic mass is 16.5. The molecular weight excluding hydrogens is 354 g/mol. The third kappa shape index (κ3) is 4.41. The molecule has 28 heavy (non-hydrogen) atoms. The summed E-state index contributed by atoms with van der Waals surface area (Å²) in [6.45, 7) is 8.05. The van der Waals surface area contributed by atoms with Gasteiger partial charge in [0.15, 0.2) is 17.6 Å². The molecule has 0 fully saturated rings. The minimum absolute atomic E-state index is 0.124. The lowest BCUT2D eigenvalue weighted by Gasteiger charge is -2.38. The molecule has 2 atom stereocenters. The fraction of sp³-hybridized carbons (Fsp3) is 0.435. The summed E-state index contributed by atoms with van der Waals surface area (Å²) in [5.74, 6) is 1.87. The second-order valence-electron chi connectivity index (χ2n) is 7.83. The summed E-state index contributed by atoms with van der Waals surface area (Å²) in [7, 11) is 1.59. The Morgan fingerprint density at radius 3 is 2.64 bits per heavy atom. The number of hydrogen-bond acceptors (Lipinski definition) is 4. The molecule has 0 radical (unpaired) electrons. The van der Waals surface area contributed by atoms with Crippen molar-refractivity contribution in [2.45, 2.75) is 58.3 Å². The molecule has 1 aliphatic rings. The highest BCUT2D eigenvalue weighted by Gasteiger charge is 2.35. The number of amides is 1. The molecule has 0 saturated heterocycles. The van der Waals surface area contributed by atoms with Crippen molar-refractivity contribution in [3.8, 4) is 17.2 Å². The van der Waals surface area contributed by atoms with Gasteiger partial charge < -0.3 is 19.5 Å². The molecule has 1 amide bonds. The maximum Gasteiger partial charge on any atom is 0.261 e. The van der Waals surface area contributed by atoms with Crippen LogP contribution >= 0.6 is 0 Å². The predicted molar refractivity (Wildman–Crippen MR) is 109 cm³/mol. The molecule has 0 aromatic heterocycles. The van der Waals surface area contributed by atoms with Gasteiger partial charge in [-0.15, -0.1) is 0 Å². The zero-order valence-corrected chi connectivity index (χ0v) is 17.2. The topological polar surface area (TPSA) is 56.8 Å². The molecule has 1 N–H and O–H groups in total. The molecule has 0 aliphatic carbocycles. The second kappa shape index (κ2) is 8.13. The number of ether oxygens (including phenoxy) is 3. The van der Waals surface area contributed by atoms with Gasteiger partial charge >= 0.3 is 0 Å². The molecule has 0 unspecified atom stereocenters. The first kappa shape index (κ1) is 20.1. The Morgan fingerprint density at radius 1 is 1.25 bits per heavy atom. The fourth-order valence-corrected chi connectivity index (χ4v) is 3.56. The van der Waals surface area contributed by atoms with E-state index in [9.17, 15) is 4.79 Å². The van der Waals surface area contributed by atoms with Gasteiger partial charge in [-0.1, -0.05) is 36.8 Å². The van der Waals surface area contributed by atoms with Gasteiger partial charge in [-0.3, -0.25) is 4.79 Å². The normalized spacial score (nSPS) is 18.4. The summed E-state index contributed by atoms with van der Waals surface area (Å²) in [6.07, 6.45) is 0.646. The number of benzene rings is 2. The highest BCUT2D eigenvalue weighted by Crippen LogP contribution is 2.40. The van der Waals surface area contributed by atoms with Gasteiger partial charge in [-0.25, -0.2) is 0 Å². The van der Waals surface area contributed by atoms with Gasteiger partial charge in [0.2, 0.25) is 0 Å². The Balaban J connectivity index is 1.80. The molecular formula is C23H29NO4. The molecule has 2 aromatic rings. The molecule has 1 heterocycles. The fourth-order valence-electron chi connectivity index (χ4n) is 3.56. The van der Waals surface area contributed by atoms with Gasteiger partial charge in [0.1, 0.15) is 11.4 Å². The third-order valence-corrected chi connectivity index (χ3v) is 4.94. The van der Waals surface area contributed by atoms with E-state index >= 15 is 0 Å². The number of carbonyl (C=O) groups excluding carboxylic acids is 1. The summed E-state index contributed by atoms with van der Waals surface area (Å²) >= 11 is 0. The number of fused-ring (bicyclic) bond motifs is 1. The molecule has 3 rings (SSSR count). The Bertz CT molecular complexity index is 846. The zero-order valence-electron chi connectivity index (χ0n) is 17.2. The maximum atomic E-state index is 13.0. The lowest BCUT2D eigenvalue weighted by Crippen LogP contribution is -2.45. The Hall–Kier alpha value is -2.69. The van der Waals surface area contributed by atoms with Crippen LogP contribution in [0.3, 0.4) is 0 Å². The van der Waals surface area contributed by atoms with Crippen LogP contribution < -0.4 is 19.5 Å². The minimum Gasteiger partial charge on any atom is -0.493 e. The van der Waals surface area contributed by atoms with Crippen molar-refractivity contribution < 1.29 is 19.0 Å². The number of methoxy groups -OCH3 is 1. The summed E-state index contributed by atoms with van der Waals surface area (Å²) in [5.41, 5.74) is 1.80. The largest absolute Gasteiger partial charge is 0.493 e. The maximum absolute atomic E-state index is 13.0. The molecule has 0 saturated carbocycles. The van der Waals surface area contributed by atoms with Crippen molar-refractivity contribution in [3.05, 3.63) is 53.6 Å². The van der Waals surface area contributed by atoms with Crippen LogP contribution in [0.2, 0.25) is 0 Å². The number of hydrogen-bond donors (Lipinski definition) is 1. The quantitative estimate of drug-likeness (QED) is 0.793. The van der Waals surface area contributed by atoms with E-state index in [1.54, 1.807) is 7.11 Å². The van der Waals surface area contributed by atoms with Gasteiger partial charge in [0.05, 0.1) is 13.2 Å². The van der Waals surface area contributed by atoms with Gasteiger partial charge in [0, 0.05) is 12.0 Å². The SMILES string of the molecule is CC[C@H](Oc1ccccc1OC)C(=O)N[C@@H]1CC(C)(C)Oc2ccc(C)cc21. The Labute approximate surface area is 167 Å². The Kier molecular flexibility index (Phi) is 5.82. The molecule has 150 valence electrons. The van der Waals surface area contributed by atoms with Gasteiger partial charge in [0.25, 0.3) is 5.91 Å². The van der Waals surface area contributed by atoms with Crippen molar-refractivity contribution in [1.29, 1.82) is 0 Å². The average molecular weight is 383 g/mol. The highest BCUT2D eigenvalue weighted by molar-refractivity contribution is 5.81. The van der Waals surface area contributed by atoms with Crippen LogP contribution in [-0.2, 0) is 4.79 Å². The minimum atomic E-state index is -0.601. The lowest BCUT2D eigenvalue weighted by atomic mass is 9.88. The monoisotopic (exact) mass is 383 g/mol. The van der Waals surface area contributed by atoms with Crippen LogP contribution in [0.1, 0.15) is 50.8 Å². The van der Waals surface area contributed by atoms with Crippen molar-refractivity contribution in [2.75, 3.05) is 7.11 Å². The summed E-state index contributed by atoms with van der Waals surface area (Å²) in [6, 6.07) is 13.3. The molecule has 0 bridgehead atoms. The van der Waals surface area contributed by atoms with Crippen LogP contribution in [0.15, 0.2) is 42.5 Å². The standard InChI is InChI=1S/C23H29NO4/c1-6-18(27-21-10-8-7-9-20(21)26-5)22(25)24-17-14-23(3,4)28-19-12-11-15(2)13-16(17)19/h7-13,17-18H,6,14H2,1-5H3,(H,24,25)/t17-,18+/m1/s1. The van der Waals surface area contributed by atoms with E-state index in [1.165, 1.54) is 0 Å². The van der Waals surface area contributed by atoms with E-state index in [1.807, 2.05) is 64.1 Å². The lowest BCUT2D eigenvalue weighted by molar-refractivity contribution is -0.129. The first-order valence-electron chi connectivity index (χ1n) is 9.72. The van der Waals surface area contributed by atoms with Crippen molar-refractivity contribution >= 4 is 5.91 Å². The number of aryl methyl sites for hydroxylation is 1. The van der Waals surface area contributed by atoms with E-state index < -0.39 is 6.10 Å². The smallest absolute Gasteiger partial charge is 0.261 e. The van der Waals surface area contributed by atoms with Gasteiger partial charge in [-0.2, -0.15) is 0 Å². The summed E-state index contributed by atoms with van der Waals surface area (Å²) < 4.78 is 17.4. The Morgan fingerprint density at radius 2 is 1.96 bits per heavy atom. The molecule has 1 aliphatic heterocycles. The van der Waals surface area contributed by atoms with Crippen LogP contribution in [0, 0.1) is 6.92 Å². The number of rotatable bonds is 6. The molecule has 2 aromatic carbocycles. The van der Waals surface area contributed by atoms with Crippen LogP contribution in [0.25, 0.3) is 0 Å². The predicted octanol–water partition coefficient (Wildman–Crippen LogP) is 4.58.